The van der Waals surface area contributed by atoms with E-state index >= 15 is 0 Å². The van der Waals surface area contributed by atoms with E-state index in [0.717, 1.165) is 69.6 Å². The first-order chi connectivity index (χ1) is 26.7. The van der Waals surface area contributed by atoms with Crippen LogP contribution in [0.2, 0.25) is 0 Å². The van der Waals surface area contributed by atoms with Crippen molar-refractivity contribution in [1.29, 1.82) is 0 Å². The quantitative estimate of drug-likeness (QED) is 0.0348. The van der Waals surface area contributed by atoms with Gasteiger partial charge in [-0.2, -0.15) is 0 Å². The van der Waals surface area contributed by atoms with Crippen LogP contribution in [0.3, 0.4) is 0 Å². The Hall–Kier alpha value is -1.59. The highest BCUT2D eigenvalue weighted by molar-refractivity contribution is 5.71. The second-order valence-corrected chi connectivity index (χ2v) is 17.7. The van der Waals surface area contributed by atoms with Gasteiger partial charge in [-0.25, -0.2) is 0 Å². The van der Waals surface area contributed by atoms with Crippen LogP contribution in [-0.4, -0.2) is 37.2 Å². The molecule has 0 aromatic rings. The highest BCUT2D eigenvalue weighted by atomic mass is 16.6. The average molecular weight is 779 g/mol. The van der Waals surface area contributed by atoms with Crippen molar-refractivity contribution in [3.8, 4) is 0 Å². The van der Waals surface area contributed by atoms with Crippen LogP contribution in [0.1, 0.15) is 266 Å². The fourth-order valence-corrected chi connectivity index (χ4v) is 7.28. The van der Waals surface area contributed by atoms with Gasteiger partial charge in [0.05, 0.1) is 0 Å². The minimum absolute atomic E-state index is 0.0659. The van der Waals surface area contributed by atoms with Gasteiger partial charge in [0.15, 0.2) is 6.10 Å². The molecule has 326 valence electrons. The normalized spacial score (nSPS) is 12.1. The van der Waals surface area contributed by atoms with Gasteiger partial charge in [-0.05, 0) is 31.1 Å². The Balaban J connectivity index is 4.21. The van der Waals surface area contributed by atoms with E-state index in [1.165, 1.54) is 154 Å². The molecule has 55 heavy (non-hydrogen) atoms. The van der Waals surface area contributed by atoms with Crippen molar-refractivity contribution in [2.45, 2.75) is 272 Å². The van der Waals surface area contributed by atoms with E-state index in [4.69, 9.17) is 14.2 Å². The van der Waals surface area contributed by atoms with E-state index in [-0.39, 0.29) is 31.1 Å². The first-order valence-corrected chi connectivity index (χ1v) is 24.2. The third-order valence-electron chi connectivity index (χ3n) is 11.0. The molecule has 0 spiro atoms. The summed E-state index contributed by atoms with van der Waals surface area (Å²) < 4.78 is 16.7. The summed E-state index contributed by atoms with van der Waals surface area (Å²) >= 11 is 0. The molecule has 0 N–H and O–H groups in total. The molecule has 0 fully saturated rings. The molecule has 0 heterocycles. The summed E-state index contributed by atoms with van der Waals surface area (Å²) in [7, 11) is 0. The topological polar surface area (TPSA) is 78.9 Å². The molecule has 0 rings (SSSR count). The van der Waals surface area contributed by atoms with Crippen LogP contribution in [0, 0.1) is 11.8 Å². The van der Waals surface area contributed by atoms with Crippen molar-refractivity contribution in [3.63, 3.8) is 0 Å². The van der Waals surface area contributed by atoms with Crippen molar-refractivity contribution < 1.29 is 28.6 Å². The Labute approximate surface area is 342 Å². The number of rotatable bonds is 43. The lowest BCUT2D eigenvalue weighted by molar-refractivity contribution is -0.167. The smallest absolute Gasteiger partial charge is 0.306 e. The molecule has 6 nitrogen and oxygen atoms in total. The standard InChI is InChI=1S/C49H94O6/c1-6-7-8-9-10-11-12-13-14-15-16-17-18-19-20-23-29-34-39-47(50)53-42-46(55-49(52)41-36-31-26-25-28-33-38-45(4)5)43-54-48(51)40-35-30-24-21-22-27-32-37-44(2)3/h44-46H,6-43H2,1-5H3/t46-/m1/s1. The molecule has 0 saturated heterocycles. The molecule has 0 radical (unpaired) electrons. The van der Waals surface area contributed by atoms with Gasteiger partial charge in [0, 0.05) is 19.3 Å². The first-order valence-electron chi connectivity index (χ1n) is 24.2. The molecule has 6 heteroatoms. The van der Waals surface area contributed by atoms with Gasteiger partial charge in [-0.15, -0.1) is 0 Å². The number of hydrogen-bond acceptors (Lipinski definition) is 6. The lowest BCUT2D eigenvalue weighted by Crippen LogP contribution is -2.30. The third-order valence-corrected chi connectivity index (χ3v) is 11.0. The van der Waals surface area contributed by atoms with Gasteiger partial charge in [0.1, 0.15) is 13.2 Å². The van der Waals surface area contributed by atoms with Gasteiger partial charge in [0.25, 0.3) is 0 Å². The molecule has 0 aliphatic rings. The van der Waals surface area contributed by atoms with Crippen LogP contribution in [-0.2, 0) is 28.6 Å². The summed E-state index contributed by atoms with van der Waals surface area (Å²) in [6.45, 7) is 11.2. The minimum Gasteiger partial charge on any atom is -0.462 e. The Morgan fingerprint density at radius 2 is 0.600 bits per heavy atom. The van der Waals surface area contributed by atoms with E-state index in [9.17, 15) is 14.4 Å². The first kappa shape index (κ1) is 53.4. The highest BCUT2D eigenvalue weighted by Crippen LogP contribution is 2.17. The molecule has 0 aromatic carbocycles. The number of unbranched alkanes of at least 4 members (excludes halogenated alkanes) is 28. The number of esters is 3. The van der Waals surface area contributed by atoms with Crippen molar-refractivity contribution in [2.75, 3.05) is 13.2 Å². The second kappa shape index (κ2) is 42.0. The molecule has 0 amide bonds. The highest BCUT2D eigenvalue weighted by Gasteiger charge is 2.19. The second-order valence-electron chi connectivity index (χ2n) is 17.7. The van der Waals surface area contributed by atoms with Crippen molar-refractivity contribution in [2.24, 2.45) is 11.8 Å². The van der Waals surface area contributed by atoms with Crippen molar-refractivity contribution >= 4 is 17.9 Å². The van der Waals surface area contributed by atoms with Crippen molar-refractivity contribution in [1.82, 2.24) is 0 Å². The Bertz CT molecular complexity index is 839. The van der Waals surface area contributed by atoms with E-state index in [1.807, 2.05) is 0 Å². The lowest BCUT2D eigenvalue weighted by atomic mass is 10.0. The molecule has 1 atom stereocenters. The summed E-state index contributed by atoms with van der Waals surface area (Å²) in [5.74, 6) is 0.678. The predicted molar refractivity (Wildman–Crippen MR) is 233 cm³/mol. The summed E-state index contributed by atoms with van der Waals surface area (Å²) in [5.41, 5.74) is 0. The molecule has 0 aromatic heterocycles. The molecule has 0 unspecified atom stereocenters. The number of carbonyl (C=O) groups is 3. The van der Waals surface area contributed by atoms with Crippen LogP contribution in [0.5, 0.6) is 0 Å². The van der Waals surface area contributed by atoms with Gasteiger partial charge >= 0.3 is 17.9 Å². The molecule has 0 aliphatic heterocycles. The van der Waals surface area contributed by atoms with E-state index in [1.54, 1.807) is 0 Å². The van der Waals surface area contributed by atoms with Crippen molar-refractivity contribution in [3.05, 3.63) is 0 Å². The SMILES string of the molecule is CCCCCCCCCCCCCCCCCCCCC(=O)OC[C@H](COC(=O)CCCCCCCCCC(C)C)OC(=O)CCCCCCCCC(C)C. The number of hydrogen-bond donors (Lipinski definition) is 0. The Morgan fingerprint density at radius 3 is 0.891 bits per heavy atom. The van der Waals surface area contributed by atoms with Gasteiger partial charge in [0.2, 0.25) is 0 Å². The maximum absolute atomic E-state index is 12.7. The molecular formula is C49H94O6. The predicted octanol–water partition coefficient (Wildman–Crippen LogP) is 15.4. The maximum atomic E-state index is 12.7. The fourth-order valence-electron chi connectivity index (χ4n) is 7.28. The maximum Gasteiger partial charge on any atom is 0.306 e. The van der Waals surface area contributed by atoms with Gasteiger partial charge in [-0.3, -0.25) is 14.4 Å². The average Bonchev–Trinajstić information content (AvgIpc) is 3.15. The fraction of sp³-hybridized carbons (Fsp3) is 0.939. The zero-order chi connectivity index (χ0) is 40.5. The van der Waals surface area contributed by atoms with Crippen LogP contribution in [0.15, 0.2) is 0 Å². The number of carbonyl (C=O) groups excluding carboxylic acids is 3. The Kier molecular flexibility index (Phi) is 40.8. The summed E-state index contributed by atoms with van der Waals surface area (Å²) in [6, 6.07) is 0. The van der Waals surface area contributed by atoms with Crippen LogP contribution >= 0.6 is 0 Å². The summed E-state index contributed by atoms with van der Waals surface area (Å²) in [4.78, 5) is 37.7. The zero-order valence-corrected chi connectivity index (χ0v) is 37.6. The minimum atomic E-state index is -0.761. The molecule has 0 bridgehead atoms. The van der Waals surface area contributed by atoms with E-state index in [0.29, 0.717) is 19.3 Å². The molecule has 0 saturated carbocycles. The van der Waals surface area contributed by atoms with E-state index < -0.39 is 6.10 Å². The monoisotopic (exact) mass is 779 g/mol. The molecular weight excluding hydrogens is 685 g/mol. The van der Waals surface area contributed by atoms with Crippen LogP contribution < -0.4 is 0 Å². The van der Waals surface area contributed by atoms with E-state index in [2.05, 4.69) is 34.6 Å². The van der Waals surface area contributed by atoms with Gasteiger partial charge < -0.3 is 14.2 Å². The van der Waals surface area contributed by atoms with Crippen LogP contribution in [0.4, 0.5) is 0 Å². The van der Waals surface area contributed by atoms with Crippen LogP contribution in [0.25, 0.3) is 0 Å². The number of ether oxygens (including phenoxy) is 3. The Morgan fingerprint density at radius 1 is 0.345 bits per heavy atom. The third kappa shape index (κ3) is 43.4. The lowest BCUT2D eigenvalue weighted by Gasteiger charge is -2.18. The summed E-state index contributed by atoms with van der Waals surface area (Å²) in [6.07, 6.45) is 41.2. The zero-order valence-electron chi connectivity index (χ0n) is 37.6. The summed E-state index contributed by atoms with van der Waals surface area (Å²) in [5, 5.41) is 0. The van der Waals surface area contributed by atoms with Gasteiger partial charge in [-0.1, -0.05) is 227 Å². The molecule has 0 aliphatic carbocycles. The largest absolute Gasteiger partial charge is 0.462 e.